The molecule has 4 rings (SSSR count). The van der Waals surface area contributed by atoms with Gasteiger partial charge in [-0.3, -0.25) is 9.89 Å². The minimum atomic E-state index is -0.137. The van der Waals surface area contributed by atoms with Gasteiger partial charge in [-0.2, -0.15) is 0 Å². The molecule has 0 radical (unpaired) electrons. The molecule has 3 heterocycles. The molecule has 0 amide bonds. The lowest BCUT2D eigenvalue weighted by molar-refractivity contribution is 0.901. The van der Waals surface area contributed by atoms with Gasteiger partial charge in [0.05, 0.1) is 11.3 Å². The van der Waals surface area contributed by atoms with Crippen molar-refractivity contribution in [2.75, 3.05) is 0 Å². The zero-order chi connectivity index (χ0) is 14.2. The monoisotopic (exact) mass is 294 g/mol. The standard InChI is InChI=1S/C15H10N4OS/c20-13-8-12(10-4-2-1-3-5-10)18-14-11(9-17-19(13)14)15-16-6-7-21-15/h1-9,17H. The number of thiazole rings is 1. The summed E-state index contributed by atoms with van der Waals surface area (Å²) in [5.74, 6) is 0. The lowest BCUT2D eigenvalue weighted by Gasteiger charge is -2.01. The van der Waals surface area contributed by atoms with Crippen molar-refractivity contribution >= 4 is 17.0 Å². The molecule has 3 aromatic heterocycles. The van der Waals surface area contributed by atoms with Crippen molar-refractivity contribution in [3.8, 4) is 21.8 Å². The van der Waals surface area contributed by atoms with E-state index < -0.39 is 0 Å². The zero-order valence-corrected chi connectivity index (χ0v) is 11.7. The SMILES string of the molecule is O=c1cc(-c2ccccc2)nc2c(-c3nccs3)c[nH]n12. The Morgan fingerprint density at radius 3 is 2.81 bits per heavy atom. The molecule has 102 valence electrons. The number of rotatable bonds is 2. The second-order valence-corrected chi connectivity index (χ2v) is 5.42. The third-order valence-electron chi connectivity index (χ3n) is 3.23. The molecule has 1 N–H and O–H groups in total. The second-order valence-electron chi connectivity index (χ2n) is 4.53. The highest BCUT2D eigenvalue weighted by Crippen LogP contribution is 2.25. The number of hydrogen-bond donors (Lipinski definition) is 1. The topological polar surface area (TPSA) is 63.0 Å². The van der Waals surface area contributed by atoms with E-state index in [9.17, 15) is 4.79 Å². The van der Waals surface area contributed by atoms with Crippen LogP contribution in [0.4, 0.5) is 0 Å². The Labute approximate surface area is 123 Å². The van der Waals surface area contributed by atoms with Gasteiger partial charge in [-0.15, -0.1) is 11.3 Å². The molecule has 0 saturated carbocycles. The molecular weight excluding hydrogens is 284 g/mol. The molecule has 5 nitrogen and oxygen atoms in total. The summed E-state index contributed by atoms with van der Waals surface area (Å²) in [7, 11) is 0. The maximum absolute atomic E-state index is 12.2. The van der Waals surface area contributed by atoms with Crippen molar-refractivity contribution in [3.05, 3.63) is 64.5 Å². The quantitative estimate of drug-likeness (QED) is 0.618. The minimum absolute atomic E-state index is 0.137. The lowest BCUT2D eigenvalue weighted by atomic mass is 10.1. The van der Waals surface area contributed by atoms with Crippen LogP contribution >= 0.6 is 11.3 Å². The van der Waals surface area contributed by atoms with Crippen molar-refractivity contribution in [1.29, 1.82) is 0 Å². The van der Waals surface area contributed by atoms with Gasteiger partial charge in [0, 0.05) is 29.4 Å². The summed E-state index contributed by atoms with van der Waals surface area (Å²) >= 11 is 1.52. The molecule has 0 unspecified atom stereocenters. The summed E-state index contributed by atoms with van der Waals surface area (Å²) in [6.45, 7) is 0. The Morgan fingerprint density at radius 2 is 2.05 bits per heavy atom. The van der Waals surface area contributed by atoms with Gasteiger partial charge in [0.15, 0.2) is 5.65 Å². The Morgan fingerprint density at radius 1 is 1.19 bits per heavy atom. The van der Waals surface area contributed by atoms with Crippen molar-refractivity contribution in [2.45, 2.75) is 0 Å². The number of hydrogen-bond acceptors (Lipinski definition) is 4. The summed E-state index contributed by atoms with van der Waals surface area (Å²) in [5.41, 5.74) is 2.87. The Balaban J connectivity index is 2.00. The van der Waals surface area contributed by atoms with Crippen molar-refractivity contribution in [2.24, 2.45) is 0 Å². The first-order valence-corrected chi connectivity index (χ1v) is 7.27. The number of aromatic nitrogens is 4. The highest BCUT2D eigenvalue weighted by molar-refractivity contribution is 7.13. The summed E-state index contributed by atoms with van der Waals surface area (Å²) < 4.78 is 1.43. The van der Waals surface area contributed by atoms with Crippen LogP contribution in [0, 0.1) is 0 Å². The van der Waals surface area contributed by atoms with Crippen molar-refractivity contribution in [3.63, 3.8) is 0 Å². The van der Waals surface area contributed by atoms with Crippen LogP contribution in [-0.2, 0) is 0 Å². The molecule has 1 aromatic carbocycles. The maximum Gasteiger partial charge on any atom is 0.273 e. The zero-order valence-electron chi connectivity index (χ0n) is 10.9. The summed E-state index contributed by atoms with van der Waals surface area (Å²) in [4.78, 5) is 21.1. The van der Waals surface area contributed by atoms with Gasteiger partial charge in [0.2, 0.25) is 0 Å². The predicted molar refractivity (Wildman–Crippen MR) is 82.4 cm³/mol. The molecule has 0 aliphatic carbocycles. The van der Waals surface area contributed by atoms with Crippen LogP contribution in [0.1, 0.15) is 0 Å². The average Bonchev–Trinajstić information content (AvgIpc) is 3.16. The van der Waals surface area contributed by atoms with E-state index in [0.29, 0.717) is 11.3 Å². The summed E-state index contributed by atoms with van der Waals surface area (Å²) in [6.07, 6.45) is 3.50. The highest BCUT2D eigenvalue weighted by Gasteiger charge is 2.13. The third-order valence-corrected chi connectivity index (χ3v) is 4.04. The fourth-order valence-corrected chi connectivity index (χ4v) is 2.90. The van der Waals surface area contributed by atoms with Crippen LogP contribution in [0.25, 0.3) is 27.5 Å². The van der Waals surface area contributed by atoms with Crippen LogP contribution < -0.4 is 5.56 Å². The van der Waals surface area contributed by atoms with E-state index in [0.717, 1.165) is 16.1 Å². The molecule has 0 aliphatic rings. The number of nitrogens with one attached hydrogen (secondary N) is 1. The number of fused-ring (bicyclic) bond motifs is 1. The maximum atomic E-state index is 12.2. The minimum Gasteiger partial charge on any atom is -0.296 e. The molecule has 4 aromatic rings. The van der Waals surface area contributed by atoms with E-state index in [4.69, 9.17) is 0 Å². The van der Waals surface area contributed by atoms with Gasteiger partial charge in [-0.1, -0.05) is 30.3 Å². The fraction of sp³-hybridized carbons (Fsp3) is 0. The molecule has 6 heteroatoms. The van der Waals surface area contributed by atoms with Crippen molar-refractivity contribution in [1.82, 2.24) is 19.6 Å². The van der Waals surface area contributed by atoms with Gasteiger partial charge in [0.25, 0.3) is 5.56 Å². The van der Waals surface area contributed by atoms with Gasteiger partial charge >= 0.3 is 0 Å². The molecule has 0 saturated heterocycles. The summed E-state index contributed by atoms with van der Waals surface area (Å²) in [6, 6.07) is 11.2. The van der Waals surface area contributed by atoms with Crippen LogP contribution in [0.15, 0.2) is 59.0 Å². The molecule has 0 atom stereocenters. The van der Waals surface area contributed by atoms with Crippen LogP contribution in [0.3, 0.4) is 0 Å². The average molecular weight is 294 g/mol. The smallest absolute Gasteiger partial charge is 0.273 e. The molecule has 0 spiro atoms. The normalized spacial score (nSPS) is 11.0. The molecular formula is C15H10N4OS. The van der Waals surface area contributed by atoms with E-state index in [-0.39, 0.29) is 5.56 Å². The molecule has 0 aliphatic heterocycles. The second kappa shape index (κ2) is 4.68. The number of benzene rings is 1. The highest BCUT2D eigenvalue weighted by atomic mass is 32.1. The van der Waals surface area contributed by atoms with E-state index in [2.05, 4.69) is 15.1 Å². The van der Waals surface area contributed by atoms with E-state index in [1.54, 1.807) is 12.4 Å². The van der Waals surface area contributed by atoms with E-state index >= 15 is 0 Å². The fourth-order valence-electron chi connectivity index (χ4n) is 2.25. The van der Waals surface area contributed by atoms with E-state index in [1.165, 1.54) is 21.9 Å². The van der Waals surface area contributed by atoms with Gasteiger partial charge in [0.1, 0.15) is 5.01 Å². The predicted octanol–water partition coefficient (Wildman–Crippen LogP) is 2.81. The first kappa shape index (κ1) is 12.0. The van der Waals surface area contributed by atoms with Crippen LogP contribution in [0.2, 0.25) is 0 Å². The van der Waals surface area contributed by atoms with Gasteiger partial charge in [-0.25, -0.2) is 14.5 Å². The third kappa shape index (κ3) is 1.96. The number of H-pyrrole nitrogens is 1. The molecule has 0 fully saturated rings. The number of aromatic amines is 1. The van der Waals surface area contributed by atoms with E-state index in [1.807, 2.05) is 35.7 Å². The van der Waals surface area contributed by atoms with Crippen molar-refractivity contribution < 1.29 is 0 Å². The first-order valence-electron chi connectivity index (χ1n) is 6.39. The van der Waals surface area contributed by atoms with Gasteiger partial charge in [-0.05, 0) is 0 Å². The first-order chi connectivity index (χ1) is 10.3. The van der Waals surface area contributed by atoms with Crippen LogP contribution in [-0.4, -0.2) is 19.6 Å². The van der Waals surface area contributed by atoms with Crippen LogP contribution in [0.5, 0.6) is 0 Å². The Hall–Kier alpha value is -2.73. The molecule has 21 heavy (non-hydrogen) atoms. The largest absolute Gasteiger partial charge is 0.296 e. The Kier molecular flexibility index (Phi) is 2.68. The van der Waals surface area contributed by atoms with Gasteiger partial charge < -0.3 is 0 Å². The number of nitrogens with zero attached hydrogens (tertiary/aromatic N) is 3. The molecule has 0 bridgehead atoms. The summed E-state index contributed by atoms with van der Waals surface area (Å²) in [5, 5.41) is 5.67. The lowest BCUT2D eigenvalue weighted by Crippen LogP contribution is -2.14. The Bertz CT molecular complexity index is 954.